The van der Waals surface area contributed by atoms with Gasteiger partial charge in [-0.3, -0.25) is 4.79 Å². The number of hydrogen-bond donors (Lipinski definition) is 3. The molecule has 4 atom stereocenters. The van der Waals surface area contributed by atoms with Gasteiger partial charge in [-0.15, -0.1) is 0 Å². The van der Waals surface area contributed by atoms with Crippen molar-refractivity contribution in [1.82, 2.24) is 0 Å². The molecule has 2 saturated heterocycles. The maximum absolute atomic E-state index is 12.8. The van der Waals surface area contributed by atoms with E-state index in [0.717, 1.165) is 36.4 Å². The molecule has 2 fully saturated rings. The van der Waals surface area contributed by atoms with Crippen molar-refractivity contribution in [2.24, 2.45) is 0 Å². The van der Waals surface area contributed by atoms with E-state index in [1.54, 1.807) is 13.8 Å². The minimum atomic E-state index is -1.61. The molecule has 0 aliphatic carbocycles. The fourth-order valence-electron chi connectivity index (χ4n) is 4.37. The molecule has 0 bridgehead atoms. The van der Waals surface area contributed by atoms with Crippen molar-refractivity contribution in [1.29, 1.82) is 0 Å². The number of epoxide rings is 2. The van der Waals surface area contributed by atoms with Crippen LogP contribution in [-0.2, 0) is 41.4 Å². The summed E-state index contributed by atoms with van der Waals surface area (Å²) in [5, 5.41) is 27.9. The summed E-state index contributed by atoms with van der Waals surface area (Å²) in [4.78, 5) is 9.94. The van der Waals surface area contributed by atoms with Gasteiger partial charge in [0, 0.05) is 27.1 Å². The summed E-state index contributed by atoms with van der Waals surface area (Å²) in [7, 11) is 0. The van der Waals surface area contributed by atoms with Crippen LogP contribution in [-0.4, -0.2) is 48.2 Å². The van der Waals surface area contributed by atoms with E-state index in [-0.39, 0.29) is 34.5 Å². The van der Waals surface area contributed by atoms with Crippen LogP contribution in [0.25, 0.3) is 0 Å². The molecule has 0 spiro atoms. The maximum Gasteiger partial charge on any atom is 0.293 e. The fourth-order valence-corrected chi connectivity index (χ4v) is 4.37. The van der Waals surface area contributed by atoms with Crippen molar-refractivity contribution < 1.29 is 72.3 Å². The van der Waals surface area contributed by atoms with Crippen LogP contribution in [0.2, 0.25) is 0 Å². The average molecular weight is 766 g/mol. The number of aliphatic hydroxyl groups is 3. The van der Waals surface area contributed by atoms with Crippen LogP contribution < -0.4 is 0 Å². The van der Waals surface area contributed by atoms with Gasteiger partial charge in [-0.2, -0.15) is 0 Å². The first-order chi connectivity index (χ1) is 24.1. The first-order valence-electron chi connectivity index (χ1n) is 15.4. The highest BCUT2D eigenvalue weighted by Crippen LogP contribution is 2.39. The Kier molecular flexibility index (Phi) is 15.3. The Morgan fingerprint density at radius 1 is 0.642 bits per heavy atom. The Bertz CT molecular complexity index is 1710. The Labute approximate surface area is 304 Å². The lowest BCUT2D eigenvalue weighted by molar-refractivity contribution is -0.136. The number of carbonyl (C=O) groups excluding carboxylic acids is 1. The number of aliphatic hydroxyl groups excluding tert-OH is 1. The highest BCUT2D eigenvalue weighted by atomic mass is 19.2. The molecule has 1 unspecified atom stereocenters. The third-order valence-electron chi connectivity index (χ3n) is 7.81. The molecule has 7 nitrogen and oxygen atoms in total. The van der Waals surface area contributed by atoms with Gasteiger partial charge in [0.1, 0.15) is 75.5 Å². The lowest BCUT2D eigenvalue weighted by Crippen LogP contribution is -2.27. The van der Waals surface area contributed by atoms with E-state index in [1.807, 2.05) is 0 Å². The molecule has 2 heterocycles. The van der Waals surface area contributed by atoms with Crippen LogP contribution in [0.5, 0.6) is 0 Å². The molecule has 2 aliphatic heterocycles. The molecule has 2 aliphatic rings. The summed E-state index contributed by atoms with van der Waals surface area (Å²) >= 11 is 0. The van der Waals surface area contributed by atoms with Gasteiger partial charge in [0.25, 0.3) is 6.47 Å². The van der Waals surface area contributed by atoms with Crippen LogP contribution in [0.3, 0.4) is 0 Å². The van der Waals surface area contributed by atoms with Gasteiger partial charge in [0.2, 0.25) is 0 Å². The topological polar surface area (TPSA) is 112 Å². The Hall–Kier alpha value is -4.41. The molecule has 3 N–H and O–H groups in total. The lowest BCUT2D eigenvalue weighted by atomic mass is 9.97. The molecule has 4 aromatic carbocycles. The molecule has 15 heteroatoms. The van der Waals surface area contributed by atoms with E-state index in [2.05, 4.69) is 4.74 Å². The Balaban J connectivity index is 0.000000696. The van der Waals surface area contributed by atoms with E-state index < -0.39 is 75.5 Å². The van der Waals surface area contributed by atoms with E-state index in [4.69, 9.17) is 14.6 Å². The second-order valence-electron chi connectivity index (χ2n) is 12.8. The van der Waals surface area contributed by atoms with Crippen LogP contribution in [0.15, 0.2) is 72.8 Å². The molecule has 6 rings (SSSR count). The minimum absolute atomic E-state index is 0. The number of ether oxygens (including phenoxy) is 3. The second-order valence-corrected chi connectivity index (χ2v) is 12.8. The molecule has 0 saturated carbocycles. The van der Waals surface area contributed by atoms with Crippen LogP contribution in [0, 0.1) is 46.5 Å². The van der Waals surface area contributed by atoms with Crippen LogP contribution >= 0.6 is 0 Å². The number of rotatable bonds is 8. The van der Waals surface area contributed by atoms with Gasteiger partial charge >= 0.3 is 0 Å². The molecule has 0 aromatic heterocycles. The maximum atomic E-state index is 12.8. The zero-order chi connectivity index (χ0) is 39.1. The van der Waals surface area contributed by atoms with Gasteiger partial charge in [-0.05, 0) is 98.5 Å². The predicted molar refractivity (Wildman–Crippen MR) is 181 cm³/mol. The molecule has 0 radical (unpaired) electrons. The zero-order valence-electron chi connectivity index (χ0n) is 28.3. The molecule has 294 valence electrons. The van der Waals surface area contributed by atoms with Gasteiger partial charge < -0.3 is 29.5 Å². The summed E-state index contributed by atoms with van der Waals surface area (Å²) in [5.74, 6) is -5.35. The standard InChI is InChI=1S/C10H10F2O3.C9H10F2O2.2C9H8F2O.CH4.2H2/c1-10(14,5-15-6-13)7-2-8(11)4-9(12)3-7;1-9(13,5-12)6-2-7(10)4-8(11)3-6;2*1-9(5-12-9)6-2-7(10)4-8(11)3-6;;;/h2-4,6,14H,5H2,1H3;2-4,12-13H,5H2,1H3;2*2-4H,5H2,1H3;1H4;2*1H/t10-;2*9-;;;;/m001..../s1/i;;;;;1+1;. The Morgan fingerprint density at radius 3 is 1.15 bits per heavy atom. The first-order valence-corrected chi connectivity index (χ1v) is 15.4. The average Bonchev–Trinajstić information content (AvgIpc) is 3.97. The first kappa shape index (κ1) is 44.7. The molecular formula is C38H44F8O7. The van der Waals surface area contributed by atoms with Gasteiger partial charge in [0.15, 0.2) is 0 Å². The van der Waals surface area contributed by atoms with Crippen molar-refractivity contribution in [3.63, 3.8) is 0 Å². The summed E-state index contributed by atoms with van der Waals surface area (Å²) < 4.78 is 116. The molecule has 53 heavy (non-hydrogen) atoms. The van der Waals surface area contributed by atoms with Crippen molar-refractivity contribution >= 4 is 6.47 Å². The number of hydrogen-bond acceptors (Lipinski definition) is 7. The number of benzene rings is 4. The molecule has 0 amide bonds. The summed E-state index contributed by atoms with van der Waals surface area (Å²) in [6.07, 6.45) is 0. The van der Waals surface area contributed by atoms with E-state index in [1.165, 1.54) is 38.1 Å². The zero-order valence-corrected chi connectivity index (χ0v) is 28.3. The molecular weight excluding hydrogens is 720 g/mol. The van der Waals surface area contributed by atoms with Gasteiger partial charge in [-0.1, -0.05) is 7.43 Å². The van der Waals surface area contributed by atoms with Gasteiger partial charge in [0.05, 0.1) is 19.8 Å². The van der Waals surface area contributed by atoms with Crippen molar-refractivity contribution in [2.75, 3.05) is 26.4 Å². The van der Waals surface area contributed by atoms with E-state index >= 15 is 0 Å². The van der Waals surface area contributed by atoms with Crippen LogP contribution in [0.1, 0.15) is 60.2 Å². The van der Waals surface area contributed by atoms with E-state index in [0.29, 0.717) is 36.5 Å². The minimum Gasteiger partial charge on any atom is -0.464 e. The highest BCUT2D eigenvalue weighted by molar-refractivity contribution is 5.37. The van der Waals surface area contributed by atoms with Crippen LogP contribution in [0.4, 0.5) is 35.1 Å². The highest BCUT2D eigenvalue weighted by Gasteiger charge is 2.42. The normalized spacial score (nSPS) is 20.2. The smallest absolute Gasteiger partial charge is 0.293 e. The lowest BCUT2D eigenvalue weighted by Gasteiger charge is -2.22. The quantitative estimate of drug-likeness (QED) is 0.0946. The predicted octanol–water partition coefficient (Wildman–Crippen LogP) is 8.06. The van der Waals surface area contributed by atoms with Crippen molar-refractivity contribution in [3.05, 3.63) is 142 Å². The third-order valence-corrected chi connectivity index (χ3v) is 7.81. The largest absolute Gasteiger partial charge is 0.464 e. The Morgan fingerprint density at radius 2 is 0.906 bits per heavy atom. The number of halogens is 8. The van der Waals surface area contributed by atoms with Gasteiger partial charge in [-0.25, -0.2) is 35.1 Å². The fraction of sp³-hybridized carbons (Fsp3) is 0.342. The summed E-state index contributed by atoms with van der Waals surface area (Å²) in [5.41, 5.74) is -2.95. The SMILES string of the molecule is C.CC1(c2cc(F)cc(F)c2)CO1.C[C@](O)(CO)c1cc(F)cc(F)c1.C[C@](O)(COC=O)c1cc(F)cc(F)c1.C[C@]1(c2cc(F)cc(F)c2)CO1.[2HH].[HH]. The third kappa shape index (κ3) is 13.5. The molecule has 4 aromatic rings. The van der Waals surface area contributed by atoms with Crippen molar-refractivity contribution in [3.8, 4) is 0 Å². The summed E-state index contributed by atoms with van der Waals surface area (Å²) in [6, 6.07) is 12.3. The summed E-state index contributed by atoms with van der Waals surface area (Å²) in [6.45, 7) is 6.47. The second kappa shape index (κ2) is 18.1. The number of carbonyl (C=O) groups is 1. The monoisotopic (exact) mass is 765 g/mol. The van der Waals surface area contributed by atoms with Crippen molar-refractivity contribution in [2.45, 2.75) is 57.5 Å². The van der Waals surface area contributed by atoms with E-state index in [9.17, 15) is 50.1 Å².